The minimum atomic E-state index is -0.445. The molecule has 172 valence electrons. The van der Waals surface area contributed by atoms with Crippen LogP contribution in [0.1, 0.15) is 29.6 Å². The Morgan fingerprint density at radius 3 is 2.65 bits per heavy atom. The van der Waals surface area contributed by atoms with Gasteiger partial charge in [-0.3, -0.25) is 24.2 Å². The molecule has 8 nitrogen and oxygen atoms in total. The molecule has 0 N–H and O–H groups in total. The lowest BCUT2D eigenvalue weighted by atomic mass is 10.1. The van der Waals surface area contributed by atoms with Crippen molar-refractivity contribution in [2.45, 2.75) is 25.8 Å². The van der Waals surface area contributed by atoms with Gasteiger partial charge in [-0.1, -0.05) is 23.5 Å². The summed E-state index contributed by atoms with van der Waals surface area (Å²) in [6, 6.07) is 11.2. The van der Waals surface area contributed by atoms with Crippen molar-refractivity contribution in [2.75, 3.05) is 16.3 Å². The number of anilines is 2. The normalized spacial score (nSPS) is 13.7. The summed E-state index contributed by atoms with van der Waals surface area (Å²) in [6.07, 6.45) is 6.16. The van der Waals surface area contributed by atoms with Crippen molar-refractivity contribution in [3.63, 3.8) is 0 Å². The average molecular weight is 478 g/mol. The predicted octanol–water partition coefficient (Wildman–Crippen LogP) is 4.02. The maximum absolute atomic E-state index is 14.3. The van der Waals surface area contributed by atoms with Gasteiger partial charge in [0.2, 0.25) is 11.8 Å². The van der Waals surface area contributed by atoms with E-state index >= 15 is 0 Å². The van der Waals surface area contributed by atoms with Gasteiger partial charge in [-0.05, 0) is 36.8 Å². The lowest BCUT2D eigenvalue weighted by molar-refractivity contribution is -0.121. The molecule has 1 saturated heterocycles. The molecule has 1 aliphatic heterocycles. The molecule has 34 heavy (non-hydrogen) atoms. The van der Waals surface area contributed by atoms with E-state index in [9.17, 15) is 18.8 Å². The van der Waals surface area contributed by atoms with Crippen LogP contribution in [0.5, 0.6) is 0 Å². The number of thiazole rings is 1. The number of imide groups is 1. The van der Waals surface area contributed by atoms with Crippen molar-refractivity contribution < 1.29 is 18.8 Å². The molecule has 2 aromatic carbocycles. The summed E-state index contributed by atoms with van der Waals surface area (Å²) < 4.78 is 16.8. The molecule has 3 amide bonds. The van der Waals surface area contributed by atoms with Gasteiger partial charge in [0.25, 0.3) is 5.91 Å². The van der Waals surface area contributed by atoms with E-state index < -0.39 is 5.82 Å². The van der Waals surface area contributed by atoms with Crippen LogP contribution in [0, 0.1) is 5.82 Å². The Morgan fingerprint density at radius 2 is 1.91 bits per heavy atom. The molecule has 0 atom stereocenters. The third-order valence-corrected chi connectivity index (χ3v) is 6.64. The van der Waals surface area contributed by atoms with Gasteiger partial charge in [-0.2, -0.15) is 0 Å². The van der Waals surface area contributed by atoms with E-state index in [1.54, 1.807) is 48.9 Å². The number of aromatic nitrogens is 3. The highest BCUT2D eigenvalue weighted by Gasteiger charge is 2.31. The van der Waals surface area contributed by atoms with Crippen LogP contribution in [0.2, 0.25) is 0 Å². The highest BCUT2D eigenvalue weighted by Crippen LogP contribution is 2.32. The molecular weight excluding hydrogens is 457 g/mol. The topological polar surface area (TPSA) is 88.4 Å². The molecule has 0 spiro atoms. The van der Waals surface area contributed by atoms with E-state index in [1.165, 1.54) is 22.3 Å². The zero-order valence-corrected chi connectivity index (χ0v) is 18.9. The highest BCUT2D eigenvalue weighted by atomic mass is 32.1. The average Bonchev–Trinajstić information content (AvgIpc) is 3.57. The molecule has 0 saturated carbocycles. The van der Waals surface area contributed by atoms with Crippen molar-refractivity contribution in [2.24, 2.45) is 0 Å². The third kappa shape index (κ3) is 4.19. The fourth-order valence-electron chi connectivity index (χ4n) is 3.93. The van der Waals surface area contributed by atoms with Crippen LogP contribution in [0.25, 0.3) is 10.2 Å². The Kier molecular flexibility index (Phi) is 5.89. The van der Waals surface area contributed by atoms with Crippen LogP contribution in [-0.4, -0.2) is 38.8 Å². The van der Waals surface area contributed by atoms with Gasteiger partial charge in [0.15, 0.2) is 5.13 Å². The number of rotatable bonds is 7. The molecule has 1 fully saturated rings. The van der Waals surface area contributed by atoms with Gasteiger partial charge in [0.05, 0.1) is 16.7 Å². The van der Waals surface area contributed by atoms with Crippen molar-refractivity contribution >= 4 is 50.1 Å². The molecule has 0 unspecified atom stereocenters. The molecule has 4 aromatic rings. The summed E-state index contributed by atoms with van der Waals surface area (Å²) in [5.74, 6) is -1.35. The number of hydrogen-bond acceptors (Lipinski definition) is 6. The molecule has 10 heteroatoms. The maximum Gasteiger partial charge on any atom is 0.260 e. The molecule has 0 bridgehead atoms. The molecule has 2 aromatic heterocycles. The zero-order chi connectivity index (χ0) is 23.7. The SMILES string of the molecule is O=C(c1cccc(N2C(=O)CCC2=O)c1)N(CCCn1ccnc1)c1nc2c(F)cccc2s1. The summed E-state index contributed by atoms with van der Waals surface area (Å²) in [5.41, 5.74) is 0.899. The Labute approximate surface area is 198 Å². The van der Waals surface area contributed by atoms with E-state index in [2.05, 4.69) is 9.97 Å². The van der Waals surface area contributed by atoms with E-state index in [0.717, 1.165) is 4.90 Å². The number of benzene rings is 2. The van der Waals surface area contributed by atoms with Crippen molar-refractivity contribution in [1.82, 2.24) is 14.5 Å². The van der Waals surface area contributed by atoms with Crippen molar-refractivity contribution in [1.29, 1.82) is 0 Å². The fourth-order valence-corrected chi connectivity index (χ4v) is 4.94. The smallest absolute Gasteiger partial charge is 0.260 e. The monoisotopic (exact) mass is 477 g/mol. The minimum absolute atomic E-state index is 0.161. The van der Waals surface area contributed by atoms with Gasteiger partial charge in [0.1, 0.15) is 11.3 Å². The molecule has 3 heterocycles. The first-order valence-corrected chi connectivity index (χ1v) is 11.6. The third-order valence-electron chi connectivity index (χ3n) is 5.59. The Morgan fingerprint density at radius 1 is 1.12 bits per heavy atom. The highest BCUT2D eigenvalue weighted by molar-refractivity contribution is 7.22. The van der Waals surface area contributed by atoms with Crippen molar-refractivity contribution in [3.05, 3.63) is 72.6 Å². The quantitative estimate of drug-likeness (QED) is 0.375. The van der Waals surface area contributed by atoms with Gasteiger partial charge in [-0.25, -0.2) is 14.4 Å². The lowest BCUT2D eigenvalue weighted by Gasteiger charge is -2.21. The second-order valence-corrected chi connectivity index (χ2v) is 8.88. The number of hydrogen-bond donors (Lipinski definition) is 0. The van der Waals surface area contributed by atoms with Crippen LogP contribution in [-0.2, 0) is 16.1 Å². The first-order chi connectivity index (χ1) is 16.5. The first kappa shape index (κ1) is 21.9. The number of aryl methyl sites for hydroxylation is 1. The van der Waals surface area contributed by atoms with Crippen LogP contribution < -0.4 is 9.80 Å². The van der Waals surface area contributed by atoms with E-state index in [1.807, 2.05) is 10.8 Å². The molecule has 5 rings (SSSR count). The Bertz CT molecular complexity index is 1370. The number of fused-ring (bicyclic) bond motifs is 1. The van der Waals surface area contributed by atoms with Crippen LogP contribution in [0.3, 0.4) is 0 Å². The molecule has 1 aliphatic rings. The predicted molar refractivity (Wildman–Crippen MR) is 126 cm³/mol. The van der Waals surface area contributed by atoms with Gasteiger partial charge < -0.3 is 4.57 Å². The maximum atomic E-state index is 14.3. The summed E-state index contributed by atoms with van der Waals surface area (Å²) in [4.78, 5) is 49.0. The summed E-state index contributed by atoms with van der Waals surface area (Å²) in [7, 11) is 0. The van der Waals surface area contributed by atoms with Gasteiger partial charge in [0, 0.05) is 43.9 Å². The fraction of sp³-hybridized carbons (Fsp3) is 0.208. The summed E-state index contributed by atoms with van der Waals surface area (Å²) in [5, 5.41) is 0.384. The number of halogens is 1. The van der Waals surface area contributed by atoms with Crippen LogP contribution in [0.4, 0.5) is 15.2 Å². The summed E-state index contributed by atoms with van der Waals surface area (Å²) >= 11 is 1.24. The number of carbonyl (C=O) groups excluding carboxylic acids is 3. The molecule has 0 aliphatic carbocycles. The second kappa shape index (κ2) is 9.14. The van der Waals surface area contributed by atoms with Crippen LogP contribution >= 0.6 is 11.3 Å². The Balaban J connectivity index is 1.47. The second-order valence-electron chi connectivity index (χ2n) is 7.87. The number of nitrogens with zero attached hydrogens (tertiary/aromatic N) is 5. The standard InChI is InChI=1S/C24H20FN5O3S/c25-18-6-2-7-19-22(18)27-24(34-19)29(12-3-11-28-13-10-26-15-28)23(33)16-4-1-5-17(14-16)30-20(31)8-9-21(30)32/h1-2,4-7,10,13-15H,3,8-9,11-12H2. The zero-order valence-electron chi connectivity index (χ0n) is 18.1. The number of carbonyl (C=O) groups is 3. The molecular formula is C24H20FN5O3S. The lowest BCUT2D eigenvalue weighted by Crippen LogP contribution is -2.33. The van der Waals surface area contributed by atoms with Crippen LogP contribution in [0.15, 0.2) is 61.2 Å². The Hall–Kier alpha value is -3.92. The number of para-hydroxylation sites is 1. The minimum Gasteiger partial charge on any atom is -0.337 e. The number of amides is 3. The van der Waals surface area contributed by atoms with E-state index in [0.29, 0.717) is 40.6 Å². The first-order valence-electron chi connectivity index (χ1n) is 10.8. The van der Waals surface area contributed by atoms with Gasteiger partial charge >= 0.3 is 0 Å². The molecule has 0 radical (unpaired) electrons. The van der Waals surface area contributed by atoms with E-state index in [-0.39, 0.29) is 36.1 Å². The largest absolute Gasteiger partial charge is 0.337 e. The summed E-state index contributed by atoms with van der Waals surface area (Å²) in [6.45, 7) is 0.976. The van der Waals surface area contributed by atoms with E-state index in [4.69, 9.17) is 0 Å². The van der Waals surface area contributed by atoms with Gasteiger partial charge in [-0.15, -0.1) is 0 Å². The number of imidazole rings is 1. The van der Waals surface area contributed by atoms with Crippen molar-refractivity contribution in [3.8, 4) is 0 Å².